The van der Waals surface area contributed by atoms with Crippen molar-refractivity contribution in [3.05, 3.63) is 35.8 Å². The Kier molecular flexibility index (Phi) is 2.16. The van der Waals surface area contributed by atoms with Gasteiger partial charge in [0.15, 0.2) is 0 Å². The molecule has 0 saturated carbocycles. The number of imidazole rings is 1. The van der Waals surface area contributed by atoms with Crippen LogP contribution in [0.2, 0.25) is 0 Å². The first-order chi connectivity index (χ1) is 8.16. The van der Waals surface area contributed by atoms with Crippen molar-refractivity contribution in [1.82, 2.24) is 14.3 Å². The highest BCUT2D eigenvalue weighted by molar-refractivity contribution is 5.95. The standard InChI is InChI=1S/C12H14N4O/c1-8-11(12(17)15-6-9(13)7-15)16-5-3-2-4-10(16)14-8/h2-5,9H,6-7,13H2,1H3. The summed E-state index contributed by atoms with van der Waals surface area (Å²) in [7, 11) is 0. The zero-order valence-corrected chi connectivity index (χ0v) is 9.63. The minimum absolute atomic E-state index is 0.0166. The minimum Gasteiger partial charge on any atom is -0.334 e. The highest BCUT2D eigenvalue weighted by Gasteiger charge is 2.31. The highest BCUT2D eigenvalue weighted by atomic mass is 16.2. The van der Waals surface area contributed by atoms with Crippen LogP contribution in [-0.4, -0.2) is 39.3 Å². The van der Waals surface area contributed by atoms with Crippen molar-refractivity contribution in [2.75, 3.05) is 13.1 Å². The zero-order valence-electron chi connectivity index (χ0n) is 9.63. The maximum Gasteiger partial charge on any atom is 0.272 e. The van der Waals surface area contributed by atoms with E-state index in [-0.39, 0.29) is 11.9 Å². The molecule has 2 aromatic rings. The second kappa shape index (κ2) is 3.56. The number of carbonyl (C=O) groups excluding carboxylic acids is 1. The Hall–Kier alpha value is -1.88. The van der Waals surface area contributed by atoms with Crippen LogP contribution in [0.5, 0.6) is 0 Å². The molecule has 5 nitrogen and oxygen atoms in total. The Labute approximate surface area is 98.8 Å². The van der Waals surface area contributed by atoms with E-state index in [9.17, 15) is 4.79 Å². The summed E-state index contributed by atoms with van der Waals surface area (Å²) in [6, 6.07) is 5.83. The third kappa shape index (κ3) is 1.51. The van der Waals surface area contributed by atoms with Gasteiger partial charge in [-0.1, -0.05) is 6.07 Å². The normalized spacial score (nSPS) is 16.2. The van der Waals surface area contributed by atoms with Gasteiger partial charge in [-0.25, -0.2) is 4.98 Å². The number of carbonyl (C=O) groups is 1. The van der Waals surface area contributed by atoms with E-state index in [4.69, 9.17) is 5.73 Å². The van der Waals surface area contributed by atoms with Crippen LogP contribution in [0.3, 0.4) is 0 Å². The van der Waals surface area contributed by atoms with Crippen molar-refractivity contribution in [3.63, 3.8) is 0 Å². The summed E-state index contributed by atoms with van der Waals surface area (Å²) in [6.45, 7) is 3.14. The van der Waals surface area contributed by atoms with Crippen LogP contribution in [0, 0.1) is 6.92 Å². The maximum absolute atomic E-state index is 12.3. The number of aryl methyl sites for hydroxylation is 1. The Balaban J connectivity index is 2.04. The lowest BCUT2D eigenvalue weighted by Gasteiger charge is -2.36. The lowest BCUT2D eigenvalue weighted by atomic mass is 10.1. The van der Waals surface area contributed by atoms with Gasteiger partial charge in [-0.2, -0.15) is 0 Å². The number of nitrogens with two attached hydrogens (primary N) is 1. The van der Waals surface area contributed by atoms with E-state index in [1.165, 1.54) is 0 Å². The van der Waals surface area contributed by atoms with Crippen LogP contribution < -0.4 is 5.73 Å². The van der Waals surface area contributed by atoms with Gasteiger partial charge in [0, 0.05) is 25.3 Å². The van der Waals surface area contributed by atoms with Crippen LogP contribution in [0.15, 0.2) is 24.4 Å². The molecule has 0 unspecified atom stereocenters. The molecule has 2 N–H and O–H groups in total. The Bertz CT molecular complexity index is 583. The number of nitrogens with zero attached hydrogens (tertiary/aromatic N) is 3. The van der Waals surface area contributed by atoms with E-state index in [0.717, 1.165) is 11.3 Å². The molecule has 0 bridgehead atoms. The smallest absolute Gasteiger partial charge is 0.272 e. The first-order valence-corrected chi connectivity index (χ1v) is 5.65. The van der Waals surface area contributed by atoms with Crippen molar-refractivity contribution in [2.24, 2.45) is 5.73 Å². The summed E-state index contributed by atoms with van der Waals surface area (Å²) in [5, 5.41) is 0. The SMILES string of the molecule is Cc1nc2ccccn2c1C(=O)N1CC(N)C1. The van der Waals surface area contributed by atoms with Gasteiger partial charge >= 0.3 is 0 Å². The quantitative estimate of drug-likeness (QED) is 0.772. The fraction of sp³-hybridized carbons (Fsp3) is 0.333. The number of pyridine rings is 1. The summed E-state index contributed by atoms with van der Waals surface area (Å²) in [4.78, 5) is 18.4. The van der Waals surface area contributed by atoms with Gasteiger partial charge in [-0.15, -0.1) is 0 Å². The molecule has 1 fully saturated rings. The maximum atomic E-state index is 12.3. The highest BCUT2D eigenvalue weighted by Crippen LogP contribution is 2.17. The summed E-state index contributed by atoms with van der Waals surface area (Å²) in [6.07, 6.45) is 1.86. The van der Waals surface area contributed by atoms with Gasteiger partial charge in [0.25, 0.3) is 5.91 Å². The fourth-order valence-electron chi connectivity index (χ4n) is 2.20. The fourth-order valence-corrected chi connectivity index (χ4v) is 2.20. The minimum atomic E-state index is 0.0166. The summed E-state index contributed by atoms with van der Waals surface area (Å²) in [5.41, 5.74) is 7.91. The molecule has 2 aromatic heterocycles. The van der Waals surface area contributed by atoms with E-state index in [1.807, 2.05) is 35.7 Å². The van der Waals surface area contributed by atoms with Crippen LogP contribution in [0.4, 0.5) is 0 Å². The predicted octanol–water partition coefficient (Wildman–Crippen LogP) is 0.426. The molecule has 0 spiro atoms. The monoisotopic (exact) mass is 230 g/mol. The van der Waals surface area contributed by atoms with Crippen molar-refractivity contribution in [1.29, 1.82) is 0 Å². The number of rotatable bonds is 1. The van der Waals surface area contributed by atoms with Crippen LogP contribution in [0.25, 0.3) is 5.65 Å². The third-order valence-corrected chi connectivity index (χ3v) is 3.10. The van der Waals surface area contributed by atoms with E-state index in [2.05, 4.69) is 4.98 Å². The van der Waals surface area contributed by atoms with Gasteiger partial charge in [0.1, 0.15) is 11.3 Å². The van der Waals surface area contributed by atoms with Crippen molar-refractivity contribution in [2.45, 2.75) is 13.0 Å². The summed E-state index contributed by atoms with van der Waals surface area (Å²) in [5.74, 6) is 0.0166. The average Bonchev–Trinajstić information content (AvgIpc) is 2.60. The molecule has 17 heavy (non-hydrogen) atoms. The molecule has 5 heteroatoms. The van der Waals surface area contributed by atoms with E-state index in [0.29, 0.717) is 18.8 Å². The average molecular weight is 230 g/mol. The molecule has 1 amide bonds. The van der Waals surface area contributed by atoms with Crippen LogP contribution >= 0.6 is 0 Å². The number of aromatic nitrogens is 2. The molecule has 0 aliphatic carbocycles. The molecule has 0 aromatic carbocycles. The summed E-state index contributed by atoms with van der Waals surface area (Å²) < 4.78 is 1.83. The number of fused-ring (bicyclic) bond motifs is 1. The molecule has 3 rings (SSSR count). The number of likely N-dealkylation sites (tertiary alicyclic amines) is 1. The second-order valence-electron chi connectivity index (χ2n) is 4.44. The third-order valence-electron chi connectivity index (χ3n) is 3.10. The van der Waals surface area contributed by atoms with E-state index in [1.54, 1.807) is 4.90 Å². The second-order valence-corrected chi connectivity index (χ2v) is 4.44. The lowest BCUT2D eigenvalue weighted by molar-refractivity contribution is 0.0600. The van der Waals surface area contributed by atoms with Crippen LogP contribution in [0.1, 0.15) is 16.2 Å². The van der Waals surface area contributed by atoms with Crippen molar-refractivity contribution < 1.29 is 4.79 Å². The first kappa shape index (κ1) is 10.3. The number of amides is 1. The van der Waals surface area contributed by atoms with E-state index < -0.39 is 0 Å². The molecular weight excluding hydrogens is 216 g/mol. The largest absolute Gasteiger partial charge is 0.334 e. The molecule has 3 heterocycles. The molecule has 1 saturated heterocycles. The van der Waals surface area contributed by atoms with Crippen molar-refractivity contribution in [3.8, 4) is 0 Å². The Morgan fingerprint density at radius 1 is 1.47 bits per heavy atom. The lowest BCUT2D eigenvalue weighted by Crippen LogP contribution is -2.58. The van der Waals surface area contributed by atoms with E-state index >= 15 is 0 Å². The molecule has 88 valence electrons. The molecule has 1 aliphatic rings. The predicted molar refractivity (Wildman–Crippen MR) is 63.8 cm³/mol. The number of hydrogen-bond acceptors (Lipinski definition) is 3. The Morgan fingerprint density at radius 2 is 2.24 bits per heavy atom. The molecule has 0 atom stereocenters. The van der Waals surface area contributed by atoms with Crippen molar-refractivity contribution >= 4 is 11.6 Å². The first-order valence-electron chi connectivity index (χ1n) is 5.65. The van der Waals surface area contributed by atoms with Gasteiger partial charge in [-0.05, 0) is 19.1 Å². The molecular formula is C12H14N4O. The topological polar surface area (TPSA) is 63.6 Å². The molecule has 0 radical (unpaired) electrons. The van der Waals surface area contributed by atoms with Gasteiger partial charge in [-0.3, -0.25) is 9.20 Å². The van der Waals surface area contributed by atoms with Crippen LogP contribution in [-0.2, 0) is 0 Å². The van der Waals surface area contributed by atoms with Gasteiger partial charge in [0.05, 0.1) is 5.69 Å². The molecule has 1 aliphatic heterocycles. The number of hydrogen-bond donors (Lipinski definition) is 1. The summed E-state index contributed by atoms with van der Waals surface area (Å²) >= 11 is 0. The zero-order chi connectivity index (χ0) is 12.0. The van der Waals surface area contributed by atoms with Gasteiger partial charge < -0.3 is 10.6 Å². The Morgan fingerprint density at radius 3 is 2.94 bits per heavy atom. The van der Waals surface area contributed by atoms with Gasteiger partial charge in [0.2, 0.25) is 0 Å².